The molecule has 4 rings (SSSR count). The first-order valence-corrected chi connectivity index (χ1v) is 14.0. The fraction of sp³-hybridized carbons (Fsp3) is 0.200. The van der Waals surface area contributed by atoms with Crippen molar-refractivity contribution in [2.75, 3.05) is 31.2 Å². The van der Waals surface area contributed by atoms with Gasteiger partial charge in [0, 0.05) is 36.2 Å². The fourth-order valence-electron chi connectivity index (χ4n) is 4.21. The maximum atomic E-state index is 13.2. The topological polar surface area (TPSA) is 158 Å². The average molecular weight is 615 g/mol. The highest BCUT2D eigenvalue weighted by atomic mass is 35.5. The maximum Gasteiger partial charge on any atom is 0.302 e. The van der Waals surface area contributed by atoms with E-state index in [4.69, 9.17) is 21.1 Å². The van der Waals surface area contributed by atoms with E-state index in [1.807, 2.05) is 17.0 Å². The van der Waals surface area contributed by atoms with Crippen molar-refractivity contribution >= 4 is 68.8 Å². The zero-order chi connectivity index (χ0) is 30.9. The van der Waals surface area contributed by atoms with Gasteiger partial charge < -0.3 is 14.4 Å². The van der Waals surface area contributed by atoms with Gasteiger partial charge in [0.2, 0.25) is 5.13 Å². The lowest BCUT2D eigenvalue weighted by atomic mass is 9.99. The van der Waals surface area contributed by atoms with Crippen molar-refractivity contribution in [2.45, 2.75) is 13.8 Å². The number of ketones is 1. The number of hydrogen-bond donors (Lipinski definition) is 0. The second kappa shape index (κ2) is 14.1. The van der Waals surface area contributed by atoms with Crippen LogP contribution in [0.3, 0.4) is 0 Å². The summed E-state index contributed by atoms with van der Waals surface area (Å²) in [6.07, 6.45) is 1.51. The molecule has 0 bridgehead atoms. The van der Waals surface area contributed by atoms with Gasteiger partial charge in [0.25, 0.3) is 0 Å². The number of nitrogens with zero attached hydrogens (tertiary/aromatic N) is 6. The van der Waals surface area contributed by atoms with E-state index in [9.17, 15) is 24.9 Å². The SMILES string of the molecule is CC(=O)OCCN(CCOC(C)=O)c1ccc(N=Nc2nc(Cl)c(/C=C3\C(=O)c4ccccc4C3=C(C#N)C#N)s2)cc1. The van der Waals surface area contributed by atoms with Crippen LogP contribution in [0.2, 0.25) is 5.15 Å². The summed E-state index contributed by atoms with van der Waals surface area (Å²) in [4.78, 5) is 42.0. The van der Waals surface area contributed by atoms with Crippen molar-refractivity contribution in [3.63, 3.8) is 0 Å². The standard InChI is InChI=1S/C30H23ClN6O5S/c1-18(38)41-13-11-37(12-14-42-19(2)39)22-9-7-21(8-10-22)35-36-30-34-29(31)26(43-30)15-25-27(20(16-32)17-33)23-5-3-4-6-24(23)28(25)40/h3-10,15H,11-14H2,1-2H3/b25-15-,36-35?. The predicted molar refractivity (Wildman–Crippen MR) is 160 cm³/mol. The summed E-state index contributed by atoms with van der Waals surface area (Å²) >= 11 is 7.46. The second-order valence-corrected chi connectivity index (χ2v) is 10.3. The monoisotopic (exact) mass is 614 g/mol. The number of Topliss-reactive ketones (excluding diaryl/α,β-unsaturated/α-hetero) is 1. The van der Waals surface area contributed by atoms with Crippen LogP contribution in [0, 0.1) is 22.7 Å². The molecule has 0 saturated carbocycles. The van der Waals surface area contributed by atoms with Crippen LogP contribution >= 0.6 is 22.9 Å². The van der Waals surface area contributed by atoms with Gasteiger partial charge in [-0.2, -0.15) is 10.5 Å². The highest BCUT2D eigenvalue weighted by Gasteiger charge is 2.32. The molecule has 0 fully saturated rings. The predicted octanol–water partition coefficient (Wildman–Crippen LogP) is 6.23. The Kier molecular flexibility index (Phi) is 10.1. The molecule has 1 aromatic heterocycles. The van der Waals surface area contributed by atoms with Gasteiger partial charge >= 0.3 is 11.9 Å². The van der Waals surface area contributed by atoms with Crippen LogP contribution in [-0.4, -0.2) is 49.0 Å². The minimum Gasteiger partial charge on any atom is -0.464 e. The molecule has 0 atom stereocenters. The molecular formula is C30H23ClN6O5S. The molecule has 1 heterocycles. The van der Waals surface area contributed by atoms with E-state index in [1.165, 1.54) is 19.9 Å². The number of halogens is 1. The largest absolute Gasteiger partial charge is 0.464 e. The summed E-state index contributed by atoms with van der Waals surface area (Å²) in [6.45, 7) is 3.80. The Hall–Kier alpha value is -5.17. The van der Waals surface area contributed by atoms with E-state index < -0.39 is 0 Å². The van der Waals surface area contributed by atoms with Gasteiger partial charge in [-0.3, -0.25) is 14.4 Å². The highest BCUT2D eigenvalue weighted by molar-refractivity contribution is 7.16. The first-order chi connectivity index (χ1) is 20.7. The number of fused-ring (bicyclic) bond motifs is 1. The lowest BCUT2D eigenvalue weighted by molar-refractivity contribution is -0.141. The molecular weight excluding hydrogens is 592 g/mol. The number of ether oxygens (including phenoxy) is 2. The molecule has 13 heteroatoms. The van der Waals surface area contributed by atoms with Crippen LogP contribution in [0.4, 0.5) is 16.5 Å². The van der Waals surface area contributed by atoms with Crippen LogP contribution in [-0.2, 0) is 19.1 Å². The van der Waals surface area contributed by atoms with E-state index in [0.29, 0.717) is 34.8 Å². The number of allylic oxidation sites excluding steroid dienone is 3. The molecule has 11 nitrogen and oxygen atoms in total. The molecule has 0 radical (unpaired) electrons. The van der Waals surface area contributed by atoms with Crippen LogP contribution in [0.25, 0.3) is 11.6 Å². The van der Waals surface area contributed by atoms with E-state index in [1.54, 1.807) is 48.5 Å². The van der Waals surface area contributed by atoms with Crippen molar-refractivity contribution in [2.24, 2.45) is 10.2 Å². The molecule has 0 unspecified atom stereocenters. The molecule has 3 aromatic rings. The molecule has 0 saturated heterocycles. The number of benzene rings is 2. The third-order valence-corrected chi connectivity index (χ3v) is 7.39. The molecule has 1 aliphatic carbocycles. The number of anilines is 1. The number of carbonyl (C=O) groups is 3. The normalized spacial score (nSPS) is 13.0. The quantitative estimate of drug-likeness (QED) is 0.112. The molecule has 2 aromatic carbocycles. The Morgan fingerprint density at radius 1 is 0.977 bits per heavy atom. The number of carbonyl (C=O) groups excluding carboxylic acids is 3. The molecule has 216 valence electrons. The molecule has 1 aliphatic rings. The van der Waals surface area contributed by atoms with E-state index in [-0.39, 0.29) is 57.9 Å². The number of nitriles is 2. The summed E-state index contributed by atoms with van der Waals surface area (Å²) in [5.41, 5.74) is 2.48. The van der Waals surface area contributed by atoms with E-state index in [2.05, 4.69) is 15.2 Å². The van der Waals surface area contributed by atoms with Gasteiger partial charge in [-0.05, 0) is 35.9 Å². The highest BCUT2D eigenvalue weighted by Crippen LogP contribution is 2.41. The Labute approximate surface area is 256 Å². The Balaban J connectivity index is 1.53. The van der Waals surface area contributed by atoms with E-state index in [0.717, 1.165) is 17.0 Å². The van der Waals surface area contributed by atoms with Gasteiger partial charge in [-0.15, -0.1) is 10.2 Å². The third kappa shape index (κ3) is 7.57. The molecule has 0 aliphatic heterocycles. The first kappa shape index (κ1) is 30.8. The number of thiazole rings is 1. The summed E-state index contributed by atoms with van der Waals surface area (Å²) in [7, 11) is 0. The Morgan fingerprint density at radius 3 is 2.16 bits per heavy atom. The summed E-state index contributed by atoms with van der Waals surface area (Å²) in [5, 5.41) is 27.8. The van der Waals surface area contributed by atoms with Gasteiger partial charge in [-0.25, -0.2) is 4.98 Å². The summed E-state index contributed by atoms with van der Waals surface area (Å²) in [5.74, 6) is -1.09. The van der Waals surface area contributed by atoms with Crippen molar-refractivity contribution in [3.8, 4) is 12.1 Å². The van der Waals surface area contributed by atoms with Crippen molar-refractivity contribution in [1.82, 2.24) is 4.98 Å². The van der Waals surface area contributed by atoms with Crippen molar-refractivity contribution in [3.05, 3.63) is 80.8 Å². The molecule has 0 N–H and O–H groups in total. The number of azo groups is 1. The molecule has 0 amide bonds. The average Bonchev–Trinajstić information content (AvgIpc) is 3.48. The molecule has 43 heavy (non-hydrogen) atoms. The second-order valence-electron chi connectivity index (χ2n) is 8.94. The van der Waals surface area contributed by atoms with E-state index >= 15 is 0 Å². The van der Waals surface area contributed by atoms with Gasteiger partial charge in [0.05, 0.1) is 23.7 Å². The zero-order valence-corrected chi connectivity index (χ0v) is 24.6. The minimum absolute atomic E-state index is 0.0940. The Bertz CT molecular complexity index is 1710. The van der Waals surface area contributed by atoms with Crippen molar-refractivity contribution < 1.29 is 23.9 Å². The fourth-order valence-corrected chi connectivity index (χ4v) is 5.23. The lowest BCUT2D eigenvalue weighted by Gasteiger charge is -2.24. The lowest BCUT2D eigenvalue weighted by Crippen LogP contribution is -2.31. The summed E-state index contributed by atoms with van der Waals surface area (Å²) in [6, 6.07) is 17.6. The van der Waals surface area contributed by atoms with Gasteiger partial charge in [0.1, 0.15) is 36.1 Å². The maximum absolute atomic E-state index is 13.2. The number of aromatic nitrogens is 1. The van der Waals surface area contributed by atoms with Crippen LogP contribution in [0.15, 0.2) is 69.9 Å². The van der Waals surface area contributed by atoms with Gasteiger partial charge in [0.15, 0.2) is 5.78 Å². The van der Waals surface area contributed by atoms with Crippen LogP contribution in [0.5, 0.6) is 0 Å². The number of esters is 2. The van der Waals surface area contributed by atoms with Crippen LogP contribution < -0.4 is 4.90 Å². The summed E-state index contributed by atoms with van der Waals surface area (Å²) < 4.78 is 10.1. The number of hydrogen-bond acceptors (Lipinski definition) is 12. The Morgan fingerprint density at radius 2 is 1.58 bits per heavy atom. The minimum atomic E-state index is -0.386. The van der Waals surface area contributed by atoms with Crippen LogP contribution in [0.1, 0.15) is 34.6 Å². The molecule has 0 spiro atoms. The third-order valence-electron chi connectivity index (χ3n) is 6.10. The zero-order valence-electron chi connectivity index (χ0n) is 23.0. The van der Waals surface area contributed by atoms with Gasteiger partial charge in [-0.1, -0.05) is 47.2 Å². The van der Waals surface area contributed by atoms with Crippen molar-refractivity contribution in [1.29, 1.82) is 10.5 Å². The number of rotatable bonds is 10. The first-order valence-electron chi connectivity index (χ1n) is 12.8. The smallest absolute Gasteiger partial charge is 0.302 e.